The predicted octanol–water partition coefficient (Wildman–Crippen LogP) is 3.63. The van der Waals surface area contributed by atoms with Crippen LogP contribution in [-0.4, -0.2) is 13.1 Å². The van der Waals surface area contributed by atoms with E-state index in [0.29, 0.717) is 5.41 Å². The standard InChI is InChI=1S/C13H20BrN/c1-4-15-10-13(2,3)9-11-6-5-7-12(14)8-11/h5-8,15H,4,9-10H2,1-3H3. The van der Waals surface area contributed by atoms with Crippen molar-refractivity contribution in [2.24, 2.45) is 5.41 Å². The Hall–Kier alpha value is -0.340. The van der Waals surface area contributed by atoms with E-state index in [1.807, 2.05) is 0 Å². The first kappa shape index (κ1) is 12.7. The monoisotopic (exact) mass is 269 g/mol. The Balaban J connectivity index is 2.60. The molecule has 0 amide bonds. The van der Waals surface area contributed by atoms with Crippen LogP contribution in [0, 0.1) is 5.41 Å². The van der Waals surface area contributed by atoms with E-state index < -0.39 is 0 Å². The van der Waals surface area contributed by atoms with Gasteiger partial charge in [0.25, 0.3) is 0 Å². The Morgan fingerprint density at radius 2 is 2.07 bits per heavy atom. The van der Waals surface area contributed by atoms with Gasteiger partial charge in [-0.1, -0.05) is 48.8 Å². The molecular weight excluding hydrogens is 250 g/mol. The van der Waals surface area contributed by atoms with Crippen LogP contribution < -0.4 is 5.32 Å². The minimum Gasteiger partial charge on any atom is -0.316 e. The Bertz CT molecular complexity index is 307. The molecule has 0 aliphatic rings. The third-order valence-electron chi connectivity index (χ3n) is 2.43. The van der Waals surface area contributed by atoms with Crippen LogP contribution in [-0.2, 0) is 6.42 Å². The average molecular weight is 270 g/mol. The van der Waals surface area contributed by atoms with Crippen LogP contribution in [0.4, 0.5) is 0 Å². The second-order valence-electron chi connectivity index (χ2n) is 4.75. The van der Waals surface area contributed by atoms with Crippen molar-refractivity contribution >= 4 is 15.9 Å². The highest BCUT2D eigenvalue weighted by Crippen LogP contribution is 2.22. The molecule has 0 aromatic heterocycles. The first-order chi connectivity index (χ1) is 7.03. The van der Waals surface area contributed by atoms with Gasteiger partial charge in [-0.15, -0.1) is 0 Å². The number of benzene rings is 1. The van der Waals surface area contributed by atoms with Gasteiger partial charge in [-0.25, -0.2) is 0 Å². The third kappa shape index (κ3) is 4.80. The summed E-state index contributed by atoms with van der Waals surface area (Å²) in [5, 5.41) is 3.41. The van der Waals surface area contributed by atoms with Crippen molar-refractivity contribution in [3.8, 4) is 0 Å². The maximum Gasteiger partial charge on any atom is 0.0177 e. The largest absolute Gasteiger partial charge is 0.316 e. The SMILES string of the molecule is CCNCC(C)(C)Cc1cccc(Br)c1. The van der Waals surface area contributed by atoms with Crippen molar-refractivity contribution in [1.82, 2.24) is 5.32 Å². The summed E-state index contributed by atoms with van der Waals surface area (Å²) in [6.07, 6.45) is 1.11. The lowest BCUT2D eigenvalue weighted by Gasteiger charge is -2.25. The van der Waals surface area contributed by atoms with E-state index in [1.54, 1.807) is 0 Å². The molecule has 1 nitrogen and oxygen atoms in total. The minimum atomic E-state index is 0.316. The highest BCUT2D eigenvalue weighted by atomic mass is 79.9. The van der Waals surface area contributed by atoms with Crippen LogP contribution in [0.15, 0.2) is 28.7 Å². The Labute approximate surface area is 101 Å². The molecule has 0 saturated carbocycles. The summed E-state index contributed by atoms with van der Waals surface area (Å²) in [5.74, 6) is 0. The molecule has 1 aromatic rings. The summed E-state index contributed by atoms with van der Waals surface area (Å²) in [4.78, 5) is 0. The molecule has 0 atom stereocenters. The minimum absolute atomic E-state index is 0.316. The van der Waals surface area contributed by atoms with Gasteiger partial charge in [0.15, 0.2) is 0 Å². The van der Waals surface area contributed by atoms with Crippen LogP contribution in [0.5, 0.6) is 0 Å². The molecule has 0 radical (unpaired) electrons. The third-order valence-corrected chi connectivity index (χ3v) is 2.92. The molecule has 0 aliphatic heterocycles. The Morgan fingerprint density at radius 1 is 1.33 bits per heavy atom. The van der Waals surface area contributed by atoms with Gasteiger partial charge >= 0.3 is 0 Å². The van der Waals surface area contributed by atoms with Crippen molar-refractivity contribution in [3.05, 3.63) is 34.3 Å². The van der Waals surface area contributed by atoms with E-state index >= 15 is 0 Å². The molecule has 0 spiro atoms. The zero-order valence-electron chi connectivity index (χ0n) is 9.81. The van der Waals surface area contributed by atoms with Crippen LogP contribution in [0.3, 0.4) is 0 Å². The van der Waals surface area contributed by atoms with Gasteiger partial charge in [0.1, 0.15) is 0 Å². The smallest absolute Gasteiger partial charge is 0.0177 e. The molecule has 2 heteroatoms. The number of nitrogens with one attached hydrogen (secondary N) is 1. The molecule has 0 bridgehead atoms. The van der Waals surface area contributed by atoms with Crippen LogP contribution >= 0.6 is 15.9 Å². The molecule has 1 N–H and O–H groups in total. The molecule has 1 aromatic carbocycles. The van der Waals surface area contributed by atoms with Crippen molar-refractivity contribution in [2.75, 3.05) is 13.1 Å². The molecule has 0 aliphatic carbocycles. The quantitative estimate of drug-likeness (QED) is 0.861. The summed E-state index contributed by atoms with van der Waals surface area (Å²) >= 11 is 3.51. The molecule has 0 heterocycles. The summed E-state index contributed by atoms with van der Waals surface area (Å²) in [7, 11) is 0. The molecule has 1 rings (SSSR count). The summed E-state index contributed by atoms with van der Waals surface area (Å²) in [6.45, 7) is 8.86. The van der Waals surface area contributed by atoms with Crippen molar-refractivity contribution in [2.45, 2.75) is 27.2 Å². The highest BCUT2D eigenvalue weighted by Gasteiger charge is 2.17. The molecule has 0 fully saturated rings. The van der Waals surface area contributed by atoms with Gasteiger partial charge in [-0.3, -0.25) is 0 Å². The number of halogens is 1. The molecular formula is C13H20BrN. The molecule has 0 saturated heterocycles. The predicted molar refractivity (Wildman–Crippen MR) is 70.2 cm³/mol. The van der Waals surface area contributed by atoms with E-state index in [-0.39, 0.29) is 0 Å². The van der Waals surface area contributed by atoms with Crippen molar-refractivity contribution < 1.29 is 0 Å². The van der Waals surface area contributed by atoms with E-state index in [9.17, 15) is 0 Å². The number of hydrogen-bond acceptors (Lipinski definition) is 1. The number of rotatable bonds is 5. The van der Waals surface area contributed by atoms with Gasteiger partial charge in [0, 0.05) is 11.0 Å². The lowest BCUT2D eigenvalue weighted by Crippen LogP contribution is -2.30. The molecule has 84 valence electrons. The number of hydrogen-bond donors (Lipinski definition) is 1. The zero-order valence-corrected chi connectivity index (χ0v) is 11.4. The fourth-order valence-corrected chi connectivity index (χ4v) is 2.17. The van der Waals surface area contributed by atoms with Crippen molar-refractivity contribution in [3.63, 3.8) is 0 Å². The highest BCUT2D eigenvalue weighted by molar-refractivity contribution is 9.10. The lowest BCUT2D eigenvalue weighted by molar-refractivity contribution is 0.342. The maximum absolute atomic E-state index is 3.51. The summed E-state index contributed by atoms with van der Waals surface area (Å²) in [6, 6.07) is 8.57. The van der Waals surface area contributed by atoms with E-state index in [0.717, 1.165) is 19.5 Å². The van der Waals surface area contributed by atoms with Gasteiger partial charge < -0.3 is 5.32 Å². The maximum atomic E-state index is 3.51. The second-order valence-corrected chi connectivity index (χ2v) is 5.67. The van der Waals surface area contributed by atoms with Gasteiger partial charge in [0.2, 0.25) is 0 Å². The molecule has 15 heavy (non-hydrogen) atoms. The van der Waals surface area contributed by atoms with Gasteiger partial charge in [-0.05, 0) is 36.1 Å². The fourth-order valence-electron chi connectivity index (χ4n) is 1.73. The van der Waals surface area contributed by atoms with Gasteiger partial charge in [0.05, 0.1) is 0 Å². The van der Waals surface area contributed by atoms with Crippen molar-refractivity contribution in [1.29, 1.82) is 0 Å². The summed E-state index contributed by atoms with van der Waals surface area (Å²) < 4.78 is 1.17. The fraction of sp³-hybridized carbons (Fsp3) is 0.538. The average Bonchev–Trinajstić information content (AvgIpc) is 2.14. The van der Waals surface area contributed by atoms with Crippen LogP contribution in [0.2, 0.25) is 0 Å². The zero-order chi connectivity index (χ0) is 11.3. The van der Waals surface area contributed by atoms with E-state index in [1.165, 1.54) is 10.0 Å². The second kappa shape index (κ2) is 5.66. The topological polar surface area (TPSA) is 12.0 Å². The van der Waals surface area contributed by atoms with Crippen LogP contribution in [0.1, 0.15) is 26.3 Å². The Kier molecular flexibility index (Phi) is 4.81. The van der Waals surface area contributed by atoms with Gasteiger partial charge in [-0.2, -0.15) is 0 Å². The Morgan fingerprint density at radius 3 is 2.67 bits per heavy atom. The lowest BCUT2D eigenvalue weighted by atomic mass is 9.86. The molecule has 0 unspecified atom stereocenters. The van der Waals surface area contributed by atoms with Crippen LogP contribution in [0.25, 0.3) is 0 Å². The first-order valence-electron chi connectivity index (χ1n) is 5.49. The van der Waals surface area contributed by atoms with E-state index in [4.69, 9.17) is 0 Å². The normalized spacial score (nSPS) is 11.7. The summed E-state index contributed by atoms with van der Waals surface area (Å²) in [5.41, 5.74) is 1.71. The van der Waals surface area contributed by atoms with E-state index in [2.05, 4.69) is 66.3 Å². The first-order valence-corrected chi connectivity index (χ1v) is 6.28.